The maximum absolute atomic E-state index is 5.43. The van der Waals surface area contributed by atoms with Crippen LogP contribution in [-0.4, -0.2) is 13.4 Å². The van der Waals surface area contributed by atoms with Crippen LogP contribution in [0.3, 0.4) is 0 Å². The van der Waals surface area contributed by atoms with Gasteiger partial charge in [-0.05, 0) is 64.8 Å². The van der Waals surface area contributed by atoms with Gasteiger partial charge < -0.3 is 19.5 Å². The Hall–Kier alpha value is -1.88. The molecule has 0 atom stereocenters. The maximum atomic E-state index is 5.43. The van der Waals surface area contributed by atoms with Crippen LogP contribution in [0.2, 0.25) is 0 Å². The quantitative estimate of drug-likeness (QED) is 0.878. The largest absolute Gasteiger partial charge is 0.494 e. The summed E-state index contributed by atoms with van der Waals surface area (Å²) in [6.45, 7) is 3.65. The highest BCUT2D eigenvalue weighted by Gasteiger charge is 2.17. The minimum Gasteiger partial charge on any atom is -0.494 e. The van der Waals surface area contributed by atoms with Crippen LogP contribution in [0.1, 0.15) is 12.5 Å². The zero-order valence-corrected chi connectivity index (χ0v) is 13.3. The molecule has 0 aliphatic carbocycles. The average Bonchev–Trinajstić information content (AvgIpc) is 2.96. The van der Waals surface area contributed by atoms with Gasteiger partial charge in [-0.3, -0.25) is 0 Å². The van der Waals surface area contributed by atoms with Crippen molar-refractivity contribution in [3.05, 3.63) is 46.4 Å². The van der Waals surface area contributed by atoms with E-state index in [-0.39, 0.29) is 6.79 Å². The van der Waals surface area contributed by atoms with Crippen LogP contribution in [0.15, 0.2) is 40.9 Å². The summed E-state index contributed by atoms with van der Waals surface area (Å²) < 4.78 is 17.1. The van der Waals surface area contributed by atoms with E-state index in [0.717, 1.165) is 33.0 Å². The van der Waals surface area contributed by atoms with Gasteiger partial charge in [-0.1, -0.05) is 0 Å². The first-order valence-corrected chi connectivity index (χ1v) is 7.60. The third-order valence-corrected chi connectivity index (χ3v) is 3.74. The van der Waals surface area contributed by atoms with Gasteiger partial charge in [0.05, 0.1) is 11.1 Å². The second-order valence-electron chi connectivity index (χ2n) is 4.62. The predicted octanol–water partition coefficient (Wildman–Crippen LogP) is 4.19. The lowest BCUT2D eigenvalue weighted by Crippen LogP contribution is -2.00. The van der Waals surface area contributed by atoms with E-state index in [9.17, 15) is 0 Å². The molecule has 1 heterocycles. The van der Waals surface area contributed by atoms with E-state index >= 15 is 0 Å². The molecule has 0 unspecified atom stereocenters. The molecule has 0 fully saturated rings. The normalized spacial score (nSPS) is 12.3. The Morgan fingerprint density at radius 2 is 2.00 bits per heavy atom. The lowest BCUT2D eigenvalue weighted by molar-refractivity contribution is 0.173. The minimum atomic E-state index is 0.281. The molecular formula is C16H16BrNO3. The highest BCUT2D eigenvalue weighted by Crippen LogP contribution is 2.40. The second kappa shape index (κ2) is 6.26. The Balaban J connectivity index is 1.66. The van der Waals surface area contributed by atoms with Gasteiger partial charge in [-0.15, -0.1) is 0 Å². The minimum absolute atomic E-state index is 0.281. The number of anilines is 1. The van der Waals surface area contributed by atoms with Crippen molar-refractivity contribution in [3.63, 3.8) is 0 Å². The van der Waals surface area contributed by atoms with E-state index in [1.54, 1.807) is 0 Å². The molecule has 110 valence electrons. The number of halogens is 1. The smallest absolute Gasteiger partial charge is 0.231 e. The van der Waals surface area contributed by atoms with E-state index < -0.39 is 0 Å². The molecule has 4 nitrogen and oxygen atoms in total. The summed E-state index contributed by atoms with van der Waals surface area (Å²) in [6.07, 6.45) is 0. The van der Waals surface area contributed by atoms with Crippen LogP contribution in [0.25, 0.3) is 0 Å². The Kier molecular flexibility index (Phi) is 4.20. The van der Waals surface area contributed by atoms with Crippen LogP contribution in [0.5, 0.6) is 17.2 Å². The van der Waals surface area contributed by atoms with Crippen molar-refractivity contribution in [2.24, 2.45) is 0 Å². The predicted molar refractivity (Wildman–Crippen MR) is 85.2 cm³/mol. The number of hydrogen-bond donors (Lipinski definition) is 1. The summed E-state index contributed by atoms with van der Waals surface area (Å²) in [5.41, 5.74) is 2.17. The van der Waals surface area contributed by atoms with Crippen molar-refractivity contribution in [2.45, 2.75) is 13.5 Å². The third kappa shape index (κ3) is 3.24. The highest BCUT2D eigenvalue weighted by molar-refractivity contribution is 9.10. The Labute approximate surface area is 132 Å². The van der Waals surface area contributed by atoms with Crippen molar-refractivity contribution in [1.82, 2.24) is 0 Å². The van der Waals surface area contributed by atoms with Crippen LogP contribution in [0, 0.1) is 0 Å². The van der Waals surface area contributed by atoms with Crippen molar-refractivity contribution in [1.29, 1.82) is 0 Å². The van der Waals surface area contributed by atoms with Gasteiger partial charge in [-0.25, -0.2) is 0 Å². The van der Waals surface area contributed by atoms with Gasteiger partial charge >= 0.3 is 0 Å². The number of benzene rings is 2. The monoisotopic (exact) mass is 349 g/mol. The van der Waals surface area contributed by atoms with E-state index in [1.165, 1.54) is 0 Å². The molecular weight excluding hydrogens is 334 g/mol. The highest BCUT2D eigenvalue weighted by atomic mass is 79.9. The number of hydrogen-bond acceptors (Lipinski definition) is 4. The SMILES string of the molecule is CCOc1ccc(NCc2cc(Br)c3c(c2)OCO3)cc1. The maximum Gasteiger partial charge on any atom is 0.231 e. The topological polar surface area (TPSA) is 39.7 Å². The van der Waals surface area contributed by atoms with Gasteiger partial charge in [0, 0.05) is 12.2 Å². The first kappa shape index (κ1) is 14.1. The lowest BCUT2D eigenvalue weighted by Gasteiger charge is -2.09. The molecule has 1 N–H and O–H groups in total. The van der Waals surface area contributed by atoms with Crippen LogP contribution >= 0.6 is 15.9 Å². The summed E-state index contributed by atoms with van der Waals surface area (Å²) in [7, 11) is 0. The van der Waals surface area contributed by atoms with Crippen LogP contribution in [-0.2, 0) is 6.54 Å². The fourth-order valence-corrected chi connectivity index (χ4v) is 2.77. The number of fused-ring (bicyclic) bond motifs is 1. The second-order valence-corrected chi connectivity index (χ2v) is 5.48. The Morgan fingerprint density at radius 1 is 1.19 bits per heavy atom. The molecule has 0 amide bonds. The summed E-state index contributed by atoms with van der Waals surface area (Å²) in [5, 5.41) is 3.38. The van der Waals surface area contributed by atoms with Crippen molar-refractivity contribution in [3.8, 4) is 17.2 Å². The molecule has 21 heavy (non-hydrogen) atoms. The summed E-state index contributed by atoms with van der Waals surface area (Å²) in [4.78, 5) is 0. The van der Waals surface area contributed by atoms with Gasteiger partial charge in [-0.2, -0.15) is 0 Å². The van der Waals surface area contributed by atoms with E-state index in [1.807, 2.05) is 43.3 Å². The van der Waals surface area contributed by atoms with Gasteiger partial charge in [0.1, 0.15) is 5.75 Å². The average molecular weight is 350 g/mol. The van der Waals surface area contributed by atoms with Gasteiger partial charge in [0.25, 0.3) is 0 Å². The fraction of sp³-hybridized carbons (Fsp3) is 0.250. The zero-order chi connectivity index (χ0) is 14.7. The standard InChI is InChI=1S/C16H16BrNO3/c1-2-19-13-5-3-12(4-6-13)18-9-11-7-14(17)16-15(8-11)20-10-21-16/h3-8,18H,2,9-10H2,1H3. The molecule has 5 heteroatoms. The Bertz CT molecular complexity index is 628. The number of rotatable bonds is 5. The third-order valence-electron chi connectivity index (χ3n) is 3.15. The van der Waals surface area contributed by atoms with E-state index in [2.05, 4.69) is 21.2 Å². The molecule has 1 aliphatic rings. The lowest BCUT2D eigenvalue weighted by atomic mass is 10.2. The van der Waals surface area contributed by atoms with Crippen LogP contribution < -0.4 is 19.5 Å². The summed E-state index contributed by atoms with van der Waals surface area (Å²) in [6, 6.07) is 12.0. The molecule has 0 saturated heterocycles. The van der Waals surface area contributed by atoms with Crippen LogP contribution in [0.4, 0.5) is 5.69 Å². The summed E-state index contributed by atoms with van der Waals surface area (Å²) >= 11 is 3.50. The molecule has 3 rings (SSSR count). The summed E-state index contributed by atoms with van der Waals surface area (Å²) in [5.74, 6) is 2.45. The van der Waals surface area contributed by atoms with Crippen molar-refractivity contribution < 1.29 is 14.2 Å². The fourth-order valence-electron chi connectivity index (χ4n) is 2.16. The van der Waals surface area contributed by atoms with E-state index in [4.69, 9.17) is 14.2 Å². The molecule has 0 saturated carbocycles. The molecule has 0 spiro atoms. The molecule has 0 radical (unpaired) electrons. The Morgan fingerprint density at radius 3 is 2.76 bits per heavy atom. The first-order chi connectivity index (χ1) is 10.3. The zero-order valence-electron chi connectivity index (χ0n) is 11.7. The number of ether oxygens (including phenoxy) is 3. The first-order valence-electron chi connectivity index (χ1n) is 6.81. The van der Waals surface area contributed by atoms with Gasteiger partial charge in [0.2, 0.25) is 6.79 Å². The number of nitrogens with one attached hydrogen (secondary N) is 1. The molecule has 1 aliphatic heterocycles. The molecule has 0 bridgehead atoms. The molecule has 0 aromatic heterocycles. The van der Waals surface area contributed by atoms with Crippen molar-refractivity contribution >= 4 is 21.6 Å². The van der Waals surface area contributed by atoms with Gasteiger partial charge in [0.15, 0.2) is 11.5 Å². The molecule has 2 aromatic rings. The van der Waals surface area contributed by atoms with Crippen molar-refractivity contribution in [2.75, 3.05) is 18.7 Å². The molecule has 2 aromatic carbocycles. The van der Waals surface area contributed by atoms with E-state index in [0.29, 0.717) is 13.2 Å².